The Morgan fingerprint density at radius 3 is 2.68 bits per heavy atom. The fourth-order valence-electron chi connectivity index (χ4n) is 1.60. The summed E-state index contributed by atoms with van der Waals surface area (Å²) in [5, 5.41) is 7.48. The summed E-state index contributed by atoms with van der Waals surface area (Å²) >= 11 is 1.69. The molecule has 100 valence electrons. The first-order chi connectivity index (χ1) is 9.29. The summed E-state index contributed by atoms with van der Waals surface area (Å²) in [5.74, 6) is -0.258. The van der Waals surface area contributed by atoms with Gasteiger partial charge in [-0.2, -0.15) is 11.3 Å². The lowest BCUT2D eigenvalue weighted by atomic mass is 10.2. The third-order valence-corrected chi connectivity index (χ3v) is 3.37. The van der Waals surface area contributed by atoms with E-state index in [0.29, 0.717) is 12.2 Å². The van der Waals surface area contributed by atoms with Crippen LogP contribution in [0.15, 0.2) is 41.1 Å². The number of benzene rings is 1. The minimum atomic E-state index is -0.258. The van der Waals surface area contributed by atoms with Crippen molar-refractivity contribution in [1.82, 2.24) is 0 Å². The normalized spacial score (nSPS) is 10.2. The quantitative estimate of drug-likeness (QED) is 0.812. The highest BCUT2D eigenvalue weighted by Crippen LogP contribution is 2.13. The van der Waals surface area contributed by atoms with Gasteiger partial charge >= 0.3 is 5.97 Å². The molecule has 0 fully saturated rings. The Hall–Kier alpha value is -1.81. The van der Waals surface area contributed by atoms with Crippen LogP contribution in [0.25, 0.3) is 0 Å². The van der Waals surface area contributed by atoms with Gasteiger partial charge in [-0.25, -0.2) is 4.79 Å². The highest BCUT2D eigenvalue weighted by molar-refractivity contribution is 7.07. The fraction of sp³-hybridized carbons (Fsp3) is 0.267. The Morgan fingerprint density at radius 1 is 1.26 bits per heavy atom. The van der Waals surface area contributed by atoms with Gasteiger partial charge in [-0.3, -0.25) is 0 Å². The Morgan fingerprint density at radius 2 is 2.05 bits per heavy atom. The van der Waals surface area contributed by atoms with Crippen molar-refractivity contribution in [1.29, 1.82) is 0 Å². The summed E-state index contributed by atoms with van der Waals surface area (Å²) in [4.78, 5) is 11.6. The summed E-state index contributed by atoms with van der Waals surface area (Å²) < 4.78 is 5.08. The smallest absolute Gasteiger partial charge is 0.338 e. The maximum Gasteiger partial charge on any atom is 0.338 e. The average Bonchev–Trinajstić information content (AvgIpc) is 2.96. The molecule has 0 amide bonds. The predicted molar refractivity (Wildman–Crippen MR) is 78.7 cm³/mol. The maximum atomic E-state index is 11.6. The number of esters is 1. The van der Waals surface area contributed by atoms with Gasteiger partial charge in [0.2, 0.25) is 0 Å². The van der Waals surface area contributed by atoms with Crippen LogP contribution in [-0.2, 0) is 11.3 Å². The van der Waals surface area contributed by atoms with Crippen molar-refractivity contribution in [2.45, 2.75) is 19.9 Å². The van der Waals surface area contributed by atoms with Crippen molar-refractivity contribution in [2.75, 3.05) is 11.9 Å². The van der Waals surface area contributed by atoms with E-state index in [2.05, 4.69) is 22.1 Å². The first-order valence-corrected chi connectivity index (χ1v) is 7.26. The molecule has 19 heavy (non-hydrogen) atoms. The molecular weight excluding hydrogens is 258 g/mol. The van der Waals surface area contributed by atoms with E-state index in [1.54, 1.807) is 23.5 Å². The third kappa shape index (κ3) is 4.10. The molecule has 1 heterocycles. The minimum absolute atomic E-state index is 0.258. The lowest BCUT2D eigenvalue weighted by Crippen LogP contribution is -2.06. The van der Waals surface area contributed by atoms with Crippen molar-refractivity contribution < 1.29 is 9.53 Å². The van der Waals surface area contributed by atoms with E-state index in [-0.39, 0.29) is 5.97 Å². The number of thiophene rings is 1. The van der Waals surface area contributed by atoms with Crippen LogP contribution in [0.5, 0.6) is 0 Å². The van der Waals surface area contributed by atoms with E-state index in [1.165, 1.54) is 5.56 Å². The van der Waals surface area contributed by atoms with Crippen LogP contribution in [0.4, 0.5) is 5.69 Å². The summed E-state index contributed by atoms with van der Waals surface area (Å²) in [6.45, 7) is 3.24. The Kier molecular flexibility index (Phi) is 4.98. The van der Waals surface area contributed by atoms with Gasteiger partial charge < -0.3 is 10.1 Å². The summed E-state index contributed by atoms with van der Waals surface area (Å²) in [7, 11) is 0. The number of hydrogen-bond acceptors (Lipinski definition) is 4. The van der Waals surface area contributed by atoms with Crippen LogP contribution < -0.4 is 5.32 Å². The molecule has 0 saturated heterocycles. The molecule has 2 rings (SSSR count). The van der Waals surface area contributed by atoms with Gasteiger partial charge in [-0.05, 0) is 53.1 Å². The van der Waals surface area contributed by atoms with Crippen LogP contribution in [0.2, 0.25) is 0 Å². The summed E-state index contributed by atoms with van der Waals surface area (Å²) in [6, 6.07) is 9.46. The number of rotatable bonds is 6. The fourth-order valence-corrected chi connectivity index (χ4v) is 2.27. The van der Waals surface area contributed by atoms with Gasteiger partial charge in [0.1, 0.15) is 0 Å². The second kappa shape index (κ2) is 6.95. The number of anilines is 1. The third-order valence-electron chi connectivity index (χ3n) is 2.63. The largest absolute Gasteiger partial charge is 0.462 e. The molecule has 0 radical (unpaired) electrons. The van der Waals surface area contributed by atoms with Crippen LogP contribution >= 0.6 is 11.3 Å². The molecule has 3 nitrogen and oxygen atoms in total. The number of ether oxygens (including phenoxy) is 1. The standard InChI is InChI=1S/C15H17NO2S/c1-2-8-18-15(17)13-3-5-14(6-4-13)16-10-12-7-9-19-11-12/h3-7,9,11,16H,2,8,10H2,1H3. The van der Waals surface area contributed by atoms with E-state index < -0.39 is 0 Å². The molecule has 0 spiro atoms. The average molecular weight is 275 g/mol. The zero-order chi connectivity index (χ0) is 13.5. The second-order valence-corrected chi connectivity index (χ2v) is 4.98. The number of hydrogen-bond donors (Lipinski definition) is 1. The van der Waals surface area contributed by atoms with Crippen molar-refractivity contribution in [3.63, 3.8) is 0 Å². The molecule has 0 bridgehead atoms. The van der Waals surface area contributed by atoms with Crippen LogP contribution in [0.3, 0.4) is 0 Å². The van der Waals surface area contributed by atoms with Gasteiger partial charge in [0.25, 0.3) is 0 Å². The molecule has 0 aliphatic carbocycles. The number of nitrogens with one attached hydrogen (secondary N) is 1. The molecule has 0 aliphatic heterocycles. The zero-order valence-electron chi connectivity index (χ0n) is 10.9. The minimum Gasteiger partial charge on any atom is -0.462 e. The topological polar surface area (TPSA) is 38.3 Å². The van der Waals surface area contributed by atoms with E-state index in [1.807, 2.05) is 19.1 Å². The monoisotopic (exact) mass is 275 g/mol. The van der Waals surface area contributed by atoms with E-state index in [9.17, 15) is 4.79 Å². The Balaban J connectivity index is 1.89. The maximum absolute atomic E-state index is 11.6. The van der Waals surface area contributed by atoms with Crippen LogP contribution in [-0.4, -0.2) is 12.6 Å². The molecule has 2 aromatic rings. The van der Waals surface area contributed by atoms with Gasteiger partial charge in [0.15, 0.2) is 0 Å². The molecule has 0 saturated carbocycles. The van der Waals surface area contributed by atoms with Crippen molar-refractivity contribution in [2.24, 2.45) is 0 Å². The lowest BCUT2D eigenvalue weighted by Gasteiger charge is -2.06. The second-order valence-electron chi connectivity index (χ2n) is 4.20. The number of carbonyl (C=O) groups excluding carboxylic acids is 1. The highest BCUT2D eigenvalue weighted by atomic mass is 32.1. The molecule has 1 N–H and O–H groups in total. The predicted octanol–water partition coefficient (Wildman–Crippen LogP) is 3.93. The summed E-state index contributed by atoms with van der Waals surface area (Å²) in [5.41, 5.74) is 2.85. The first-order valence-electron chi connectivity index (χ1n) is 6.31. The van der Waals surface area contributed by atoms with Crippen molar-refractivity contribution in [3.05, 3.63) is 52.2 Å². The number of carbonyl (C=O) groups is 1. The molecule has 0 unspecified atom stereocenters. The SMILES string of the molecule is CCCOC(=O)c1ccc(NCc2ccsc2)cc1. The van der Waals surface area contributed by atoms with E-state index >= 15 is 0 Å². The van der Waals surface area contributed by atoms with Crippen LogP contribution in [0.1, 0.15) is 29.3 Å². The molecule has 0 aliphatic rings. The van der Waals surface area contributed by atoms with E-state index in [4.69, 9.17) is 4.74 Å². The van der Waals surface area contributed by atoms with Gasteiger partial charge in [-0.15, -0.1) is 0 Å². The van der Waals surface area contributed by atoms with Crippen molar-refractivity contribution in [3.8, 4) is 0 Å². The molecule has 1 aromatic heterocycles. The van der Waals surface area contributed by atoms with Crippen LogP contribution in [0, 0.1) is 0 Å². The lowest BCUT2D eigenvalue weighted by molar-refractivity contribution is 0.0505. The van der Waals surface area contributed by atoms with Gasteiger partial charge in [0, 0.05) is 12.2 Å². The molecule has 1 aromatic carbocycles. The van der Waals surface area contributed by atoms with Crippen molar-refractivity contribution >= 4 is 23.0 Å². The first kappa shape index (κ1) is 13.6. The molecule has 0 atom stereocenters. The summed E-state index contributed by atoms with van der Waals surface area (Å²) in [6.07, 6.45) is 0.839. The Labute approximate surface area is 117 Å². The van der Waals surface area contributed by atoms with Gasteiger partial charge in [-0.1, -0.05) is 6.92 Å². The molecular formula is C15H17NO2S. The molecule has 4 heteroatoms. The zero-order valence-corrected chi connectivity index (χ0v) is 11.7. The Bertz CT molecular complexity index is 505. The highest BCUT2D eigenvalue weighted by Gasteiger charge is 2.05. The van der Waals surface area contributed by atoms with E-state index in [0.717, 1.165) is 18.7 Å². The van der Waals surface area contributed by atoms with Gasteiger partial charge in [0.05, 0.1) is 12.2 Å².